The van der Waals surface area contributed by atoms with Gasteiger partial charge in [0.15, 0.2) is 11.9 Å². The quantitative estimate of drug-likeness (QED) is 0.449. The molecule has 1 heterocycles. The van der Waals surface area contributed by atoms with Crippen LogP contribution in [0.1, 0.15) is 23.9 Å². The number of rotatable bonds is 7. The maximum Gasteiger partial charge on any atom is 0.278 e. The van der Waals surface area contributed by atoms with Gasteiger partial charge in [-0.2, -0.15) is 0 Å². The Morgan fingerprint density at radius 1 is 1.10 bits per heavy atom. The van der Waals surface area contributed by atoms with Gasteiger partial charge in [0.1, 0.15) is 6.54 Å². The molecule has 0 saturated carbocycles. The van der Waals surface area contributed by atoms with Crippen molar-refractivity contribution in [2.24, 2.45) is 0 Å². The first-order chi connectivity index (χ1) is 14.8. The number of aryl methyl sites for hydroxylation is 2. The second kappa shape index (κ2) is 9.53. The van der Waals surface area contributed by atoms with Gasteiger partial charge in [-0.3, -0.25) is 14.4 Å². The van der Waals surface area contributed by atoms with Crippen LogP contribution < -0.4 is 21.1 Å². The summed E-state index contributed by atoms with van der Waals surface area (Å²) in [7, 11) is 1.84. The number of anilines is 1. The number of amides is 2. The molecule has 4 N–H and O–H groups in total. The van der Waals surface area contributed by atoms with Crippen LogP contribution in [0.25, 0.3) is 10.9 Å². The summed E-state index contributed by atoms with van der Waals surface area (Å²) in [4.78, 5) is 45.2. The fraction of sp³-hybridized carbons (Fsp3) is 0.304. The molecule has 2 atom stereocenters. The standard InChI is InChI=1S/C23H27N5O3/c1-14-8-7-9-15(2)21(14)27-20(29)12-24-22(30)16(3)28(4)13-19-25-18-11-6-5-10-17(18)23(31)26-19/h5-11,16H,12-13H2,1-4H3,(H,24,30)(H,27,29)(H,25,26,31)/p+1/t16-/m0/s1. The summed E-state index contributed by atoms with van der Waals surface area (Å²) in [6.07, 6.45) is 0. The van der Waals surface area contributed by atoms with Crippen molar-refractivity contribution in [3.8, 4) is 0 Å². The molecular formula is C23H28N5O3+. The average molecular weight is 423 g/mol. The number of aromatic amines is 1. The van der Waals surface area contributed by atoms with Crippen LogP contribution in [0.5, 0.6) is 0 Å². The van der Waals surface area contributed by atoms with Gasteiger partial charge in [0.2, 0.25) is 5.91 Å². The monoisotopic (exact) mass is 422 g/mol. The lowest BCUT2D eigenvalue weighted by molar-refractivity contribution is -0.908. The van der Waals surface area contributed by atoms with Crippen molar-refractivity contribution in [3.05, 3.63) is 69.8 Å². The highest BCUT2D eigenvalue weighted by Gasteiger charge is 2.23. The van der Waals surface area contributed by atoms with Crippen molar-refractivity contribution in [3.63, 3.8) is 0 Å². The van der Waals surface area contributed by atoms with Crippen molar-refractivity contribution in [1.29, 1.82) is 0 Å². The van der Waals surface area contributed by atoms with E-state index in [0.29, 0.717) is 23.3 Å². The molecule has 1 aromatic heterocycles. The molecule has 0 saturated heterocycles. The second-order valence-electron chi connectivity index (χ2n) is 7.81. The van der Waals surface area contributed by atoms with E-state index in [4.69, 9.17) is 0 Å². The van der Waals surface area contributed by atoms with Gasteiger partial charge in [-0.15, -0.1) is 0 Å². The maximum absolute atomic E-state index is 12.5. The summed E-state index contributed by atoms with van der Waals surface area (Å²) >= 11 is 0. The molecule has 0 radical (unpaired) electrons. The zero-order chi connectivity index (χ0) is 22.5. The molecule has 0 spiro atoms. The summed E-state index contributed by atoms with van der Waals surface area (Å²) in [5.74, 6) is -0.0259. The van der Waals surface area contributed by atoms with Gasteiger partial charge in [-0.1, -0.05) is 30.3 Å². The molecule has 8 nitrogen and oxygen atoms in total. The van der Waals surface area contributed by atoms with E-state index in [1.165, 1.54) is 0 Å². The Labute approximate surface area is 180 Å². The number of H-pyrrole nitrogens is 1. The van der Waals surface area contributed by atoms with E-state index in [0.717, 1.165) is 21.7 Å². The molecular weight excluding hydrogens is 394 g/mol. The first-order valence-corrected chi connectivity index (χ1v) is 10.2. The van der Waals surface area contributed by atoms with E-state index in [2.05, 4.69) is 20.6 Å². The van der Waals surface area contributed by atoms with E-state index in [-0.39, 0.29) is 23.9 Å². The number of quaternary nitrogens is 1. The largest absolute Gasteiger partial charge is 0.342 e. The van der Waals surface area contributed by atoms with Gasteiger partial charge in [0.05, 0.1) is 24.5 Å². The Morgan fingerprint density at radius 3 is 2.48 bits per heavy atom. The molecule has 31 heavy (non-hydrogen) atoms. The van der Waals surface area contributed by atoms with Crippen LogP contribution in [0.4, 0.5) is 5.69 Å². The molecule has 3 aromatic rings. The van der Waals surface area contributed by atoms with Crippen molar-refractivity contribution < 1.29 is 14.5 Å². The van der Waals surface area contributed by atoms with Crippen molar-refractivity contribution >= 4 is 28.4 Å². The van der Waals surface area contributed by atoms with Crippen molar-refractivity contribution in [2.45, 2.75) is 33.4 Å². The highest BCUT2D eigenvalue weighted by molar-refractivity contribution is 5.96. The zero-order valence-corrected chi connectivity index (χ0v) is 18.2. The van der Waals surface area contributed by atoms with Crippen LogP contribution in [0, 0.1) is 13.8 Å². The molecule has 2 aromatic carbocycles. The molecule has 0 aliphatic heterocycles. The predicted octanol–water partition coefficient (Wildman–Crippen LogP) is 0.698. The van der Waals surface area contributed by atoms with Gasteiger partial charge in [0.25, 0.3) is 11.5 Å². The van der Waals surface area contributed by atoms with Gasteiger partial charge < -0.3 is 20.5 Å². The molecule has 1 unspecified atom stereocenters. The first-order valence-electron chi connectivity index (χ1n) is 10.2. The molecule has 0 aliphatic carbocycles. The van der Waals surface area contributed by atoms with Crippen LogP contribution in [0.15, 0.2) is 47.3 Å². The third-order valence-corrected chi connectivity index (χ3v) is 5.41. The number of hydrogen-bond donors (Lipinski definition) is 4. The van der Waals surface area contributed by atoms with Gasteiger partial charge in [-0.05, 0) is 44.0 Å². The Kier molecular flexibility index (Phi) is 6.81. The van der Waals surface area contributed by atoms with Crippen LogP contribution >= 0.6 is 0 Å². The number of nitrogens with zero attached hydrogens (tertiary/aromatic N) is 1. The van der Waals surface area contributed by atoms with E-state index in [1.54, 1.807) is 25.1 Å². The fourth-order valence-corrected chi connectivity index (χ4v) is 3.38. The normalized spacial score (nSPS) is 12.9. The number of aromatic nitrogens is 2. The lowest BCUT2D eigenvalue weighted by Gasteiger charge is -2.20. The van der Waals surface area contributed by atoms with Crippen LogP contribution in [-0.4, -0.2) is 41.4 Å². The highest BCUT2D eigenvalue weighted by atomic mass is 16.2. The SMILES string of the molecule is Cc1cccc(C)c1NC(=O)CNC(=O)[C@H](C)[NH+](C)Cc1nc2ccccc2c(=O)[nH]1. The minimum absolute atomic E-state index is 0.116. The lowest BCUT2D eigenvalue weighted by Crippen LogP contribution is -3.12. The topological polar surface area (TPSA) is 108 Å². The first kappa shape index (κ1) is 22.2. The number of likely N-dealkylation sites (N-methyl/N-ethyl adjacent to an activating group) is 1. The Balaban J connectivity index is 1.57. The molecule has 0 bridgehead atoms. The van der Waals surface area contributed by atoms with E-state index >= 15 is 0 Å². The fourth-order valence-electron chi connectivity index (χ4n) is 3.38. The van der Waals surface area contributed by atoms with Crippen LogP contribution in [-0.2, 0) is 16.1 Å². The average Bonchev–Trinajstić information content (AvgIpc) is 2.74. The zero-order valence-electron chi connectivity index (χ0n) is 18.2. The lowest BCUT2D eigenvalue weighted by atomic mass is 10.1. The summed E-state index contributed by atoms with van der Waals surface area (Å²) in [6.45, 7) is 5.87. The second-order valence-corrected chi connectivity index (χ2v) is 7.81. The molecule has 0 fully saturated rings. The number of benzene rings is 2. The van der Waals surface area contributed by atoms with E-state index < -0.39 is 6.04 Å². The van der Waals surface area contributed by atoms with Gasteiger partial charge >= 0.3 is 0 Å². The molecule has 2 amide bonds. The Hall–Kier alpha value is -3.52. The minimum Gasteiger partial charge on any atom is -0.342 e. The molecule has 162 valence electrons. The number of fused-ring (bicyclic) bond motifs is 1. The number of carbonyl (C=O) groups is 2. The maximum atomic E-state index is 12.5. The van der Waals surface area contributed by atoms with Crippen LogP contribution in [0.3, 0.4) is 0 Å². The van der Waals surface area contributed by atoms with Gasteiger partial charge in [-0.25, -0.2) is 4.98 Å². The molecule has 3 rings (SSSR count). The minimum atomic E-state index is -0.440. The predicted molar refractivity (Wildman–Crippen MR) is 120 cm³/mol. The highest BCUT2D eigenvalue weighted by Crippen LogP contribution is 2.18. The number of carbonyl (C=O) groups excluding carboxylic acids is 2. The van der Waals surface area contributed by atoms with E-state index in [1.807, 2.05) is 45.2 Å². The summed E-state index contributed by atoms with van der Waals surface area (Å²) in [5, 5.41) is 6.07. The summed E-state index contributed by atoms with van der Waals surface area (Å²) in [5.41, 5.74) is 3.12. The van der Waals surface area contributed by atoms with Crippen LogP contribution in [0.2, 0.25) is 0 Å². The van der Waals surface area contributed by atoms with Crippen molar-refractivity contribution in [2.75, 3.05) is 18.9 Å². The number of nitrogens with one attached hydrogen (secondary N) is 4. The number of hydrogen-bond acceptors (Lipinski definition) is 4. The summed E-state index contributed by atoms with van der Waals surface area (Å²) in [6, 6.07) is 12.5. The Bertz CT molecular complexity index is 1150. The Morgan fingerprint density at radius 2 is 1.77 bits per heavy atom. The third kappa shape index (κ3) is 5.35. The van der Waals surface area contributed by atoms with E-state index in [9.17, 15) is 14.4 Å². The third-order valence-electron chi connectivity index (χ3n) is 5.41. The molecule has 0 aliphatic rings. The molecule has 8 heteroatoms. The number of para-hydroxylation sites is 2. The summed E-state index contributed by atoms with van der Waals surface area (Å²) < 4.78 is 0. The smallest absolute Gasteiger partial charge is 0.278 e. The van der Waals surface area contributed by atoms with Crippen molar-refractivity contribution in [1.82, 2.24) is 15.3 Å². The van der Waals surface area contributed by atoms with Gasteiger partial charge in [0, 0.05) is 5.69 Å².